The van der Waals surface area contributed by atoms with Gasteiger partial charge in [0.05, 0.1) is 7.11 Å². The van der Waals surface area contributed by atoms with Gasteiger partial charge in [0.2, 0.25) is 0 Å². The molecule has 13 heavy (non-hydrogen) atoms. The Morgan fingerprint density at radius 2 is 2.00 bits per heavy atom. The first-order valence-electron chi connectivity index (χ1n) is 4.25. The molecular formula is C7H18N2O3S. The molecule has 0 aliphatic carbocycles. The minimum atomic E-state index is -3.51. The maximum atomic E-state index is 10.8. The van der Waals surface area contributed by atoms with Crippen LogP contribution in [0, 0.1) is 0 Å². The molecule has 0 aromatic carbocycles. The van der Waals surface area contributed by atoms with Crippen molar-refractivity contribution in [2.75, 3.05) is 33.8 Å². The molecule has 1 N–H and O–H groups in total. The summed E-state index contributed by atoms with van der Waals surface area (Å²) in [6, 6.07) is 0. The molecular weight excluding hydrogens is 192 g/mol. The highest BCUT2D eigenvalue weighted by molar-refractivity contribution is 7.84. The van der Waals surface area contributed by atoms with Crippen molar-refractivity contribution in [3.05, 3.63) is 0 Å². The Balaban J connectivity index is 3.56. The van der Waals surface area contributed by atoms with Gasteiger partial charge in [0.1, 0.15) is 0 Å². The summed E-state index contributed by atoms with van der Waals surface area (Å²) in [5.74, 6) is 0. The van der Waals surface area contributed by atoms with Crippen LogP contribution in [0.3, 0.4) is 0 Å². The molecule has 5 nitrogen and oxygen atoms in total. The molecule has 0 radical (unpaired) electrons. The van der Waals surface area contributed by atoms with Gasteiger partial charge in [-0.05, 0) is 20.0 Å². The third-order valence-corrected chi connectivity index (χ3v) is 2.59. The Kier molecular flexibility index (Phi) is 6.23. The van der Waals surface area contributed by atoms with Crippen LogP contribution >= 0.6 is 0 Å². The van der Waals surface area contributed by atoms with Gasteiger partial charge >= 0.3 is 10.3 Å². The molecule has 0 amide bonds. The van der Waals surface area contributed by atoms with Gasteiger partial charge < -0.3 is 4.90 Å². The summed E-state index contributed by atoms with van der Waals surface area (Å²) in [4.78, 5) is 2.05. The van der Waals surface area contributed by atoms with Gasteiger partial charge in [-0.15, -0.1) is 0 Å². The maximum Gasteiger partial charge on any atom is 0.335 e. The molecule has 0 bridgehead atoms. The molecule has 6 heteroatoms. The minimum absolute atomic E-state index is 0.382. The first-order chi connectivity index (χ1) is 6.02. The zero-order chi connectivity index (χ0) is 10.3. The Morgan fingerprint density at radius 3 is 2.46 bits per heavy atom. The third-order valence-electron chi connectivity index (χ3n) is 1.60. The van der Waals surface area contributed by atoms with Crippen molar-refractivity contribution >= 4 is 10.3 Å². The van der Waals surface area contributed by atoms with E-state index in [1.54, 1.807) is 0 Å². The average Bonchev–Trinajstić information content (AvgIpc) is 2.05. The molecule has 0 heterocycles. The molecule has 0 aromatic rings. The first-order valence-corrected chi connectivity index (χ1v) is 5.66. The molecule has 0 rings (SSSR count). The van der Waals surface area contributed by atoms with Crippen LogP contribution < -0.4 is 4.72 Å². The molecule has 0 unspecified atom stereocenters. The van der Waals surface area contributed by atoms with Crippen LogP contribution in [-0.2, 0) is 14.5 Å². The number of nitrogens with zero attached hydrogens (tertiary/aromatic N) is 1. The van der Waals surface area contributed by atoms with Crippen LogP contribution in [0.15, 0.2) is 0 Å². The molecule has 0 fully saturated rings. The topological polar surface area (TPSA) is 58.6 Å². The van der Waals surface area contributed by atoms with Crippen molar-refractivity contribution in [2.24, 2.45) is 0 Å². The molecule has 0 spiro atoms. The molecule has 0 saturated carbocycles. The number of hydrogen-bond donors (Lipinski definition) is 1. The quantitative estimate of drug-likeness (QED) is 0.632. The number of likely N-dealkylation sites (N-methyl/N-ethyl adjacent to an activating group) is 1. The monoisotopic (exact) mass is 210 g/mol. The lowest BCUT2D eigenvalue weighted by atomic mass is 10.4. The highest BCUT2D eigenvalue weighted by Crippen LogP contribution is 1.86. The van der Waals surface area contributed by atoms with Crippen LogP contribution in [0.5, 0.6) is 0 Å². The van der Waals surface area contributed by atoms with E-state index in [1.165, 1.54) is 0 Å². The van der Waals surface area contributed by atoms with Crippen molar-refractivity contribution in [3.8, 4) is 0 Å². The SMILES string of the molecule is CCCN(C)CCNS(=O)(=O)OC. The summed E-state index contributed by atoms with van der Waals surface area (Å²) in [5, 5.41) is 0. The van der Waals surface area contributed by atoms with Gasteiger partial charge in [-0.1, -0.05) is 6.92 Å². The maximum absolute atomic E-state index is 10.8. The second-order valence-corrected chi connectivity index (χ2v) is 4.35. The fraction of sp³-hybridized carbons (Fsp3) is 1.00. The van der Waals surface area contributed by atoms with Crippen LogP contribution in [0.25, 0.3) is 0 Å². The summed E-state index contributed by atoms with van der Waals surface area (Å²) in [6.07, 6.45) is 1.06. The van der Waals surface area contributed by atoms with E-state index in [-0.39, 0.29) is 0 Å². The summed E-state index contributed by atoms with van der Waals surface area (Å²) >= 11 is 0. The Labute approximate surface area is 80.3 Å². The van der Waals surface area contributed by atoms with E-state index in [1.807, 2.05) is 7.05 Å². The molecule has 0 aliphatic heterocycles. The van der Waals surface area contributed by atoms with Crippen molar-refractivity contribution in [3.63, 3.8) is 0 Å². The first kappa shape index (κ1) is 12.8. The predicted octanol–water partition coefficient (Wildman–Crippen LogP) is -0.191. The van der Waals surface area contributed by atoms with E-state index in [0.717, 1.165) is 20.1 Å². The lowest BCUT2D eigenvalue weighted by Gasteiger charge is -2.14. The van der Waals surface area contributed by atoms with Crippen LogP contribution in [0.1, 0.15) is 13.3 Å². The standard InChI is InChI=1S/C7H18N2O3S/c1-4-6-9(2)7-5-8-13(10,11)12-3/h8H,4-7H2,1-3H3. The highest BCUT2D eigenvalue weighted by Gasteiger charge is 2.06. The smallest absolute Gasteiger partial charge is 0.305 e. The van der Waals surface area contributed by atoms with Crippen molar-refractivity contribution < 1.29 is 12.6 Å². The molecule has 0 saturated heterocycles. The van der Waals surface area contributed by atoms with E-state index < -0.39 is 10.3 Å². The predicted molar refractivity (Wildman–Crippen MR) is 51.7 cm³/mol. The largest absolute Gasteiger partial charge is 0.335 e. The molecule has 0 aromatic heterocycles. The van der Waals surface area contributed by atoms with Crippen molar-refractivity contribution in [2.45, 2.75) is 13.3 Å². The zero-order valence-corrected chi connectivity index (χ0v) is 9.23. The summed E-state index contributed by atoms with van der Waals surface area (Å²) in [7, 11) is -0.421. The molecule has 0 atom stereocenters. The number of hydrogen-bond acceptors (Lipinski definition) is 4. The Bertz CT molecular complexity index is 216. The lowest BCUT2D eigenvalue weighted by molar-refractivity contribution is 0.333. The highest BCUT2D eigenvalue weighted by atomic mass is 32.2. The Morgan fingerprint density at radius 1 is 1.38 bits per heavy atom. The second-order valence-electron chi connectivity index (χ2n) is 2.82. The van der Waals surface area contributed by atoms with Crippen LogP contribution in [0.2, 0.25) is 0 Å². The van der Waals surface area contributed by atoms with Gasteiger partial charge in [-0.2, -0.15) is 13.1 Å². The average molecular weight is 210 g/mol. The minimum Gasteiger partial charge on any atom is -0.305 e. The van der Waals surface area contributed by atoms with Crippen molar-refractivity contribution in [1.29, 1.82) is 0 Å². The van der Waals surface area contributed by atoms with Crippen LogP contribution in [-0.4, -0.2) is 47.1 Å². The summed E-state index contributed by atoms with van der Waals surface area (Å²) in [5.41, 5.74) is 0. The summed E-state index contributed by atoms with van der Waals surface area (Å²) in [6.45, 7) is 4.12. The normalized spacial score (nSPS) is 12.3. The summed E-state index contributed by atoms with van der Waals surface area (Å²) < 4.78 is 28.1. The van der Waals surface area contributed by atoms with Gasteiger partial charge in [0.25, 0.3) is 0 Å². The lowest BCUT2D eigenvalue weighted by Crippen LogP contribution is -2.33. The van der Waals surface area contributed by atoms with Crippen LogP contribution in [0.4, 0.5) is 0 Å². The molecule has 80 valence electrons. The zero-order valence-electron chi connectivity index (χ0n) is 8.41. The second kappa shape index (κ2) is 6.31. The number of rotatable bonds is 7. The van der Waals surface area contributed by atoms with Crippen molar-refractivity contribution in [1.82, 2.24) is 9.62 Å². The van der Waals surface area contributed by atoms with Gasteiger partial charge in [0.15, 0.2) is 0 Å². The fourth-order valence-electron chi connectivity index (χ4n) is 0.914. The van der Waals surface area contributed by atoms with E-state index >= 15 is 0 Å². The molecule has 0 aliphatic rings. The van der Waals surface area contributed by atoms with E-state index in [0.29, 0.717) is 13.1 Å². The van der Waals surface area contributed by atoms with Gasteiger partial charge in [-0.25, -0.2) is 0 Å². The van der Waals surface area contributed by atoms with Gasteiger partial charge in [0, 0.05) is 13.1 Å². The van der Waals surface area contributed by atoms with E-state index in [2.05, 4.69) is 20.7 Å². The van der Waals surface area contributed by atoms with Gasteiger partial charge in [-0.3, -0.25) is 4.18 Å². The van der Waals surface area contributed by atoms with E-state index in [4.69, 9.17) is 0 Å². The van der Waals surface area contributed by atoms with E-state index in [9.17, 15) is 8.42 Å². The Hall–Kier alpha value is -0.170. The fourth-order valence-corrected chi connectivity index (χ4v) is 1.37. The number of nitrogens with one attached hydrogen (secondary N) is 1. The third kappa shape index (κ3) is 6.94.